The fourth-order valence-electron chi connectivity index (χ4n) is 1.56. The van der Waals surface area contributed by atoms with E-state index in [1.807, 2.05) is 0 Å². The number of ether oxygens (including phenoxy) is 1. The number of sulfonamides is 1. The summed E-state index contributed by atoms with van der Waals surface area (Å²) in [6.45, 7) is 2.60. The van der Waals surface area contributed by atoms with Crippen LogP contribution in [0.15, 0.2) is 23.1 Å². The van der Waals surface area contributed by atoms with E-state index in [-0.39, 0.29) is 5.75 Å². The minimum Gasteiger partial charge on any atom is -0.497 e. The number of likely N-dealkylation sites (N-methyl/N-ethyl adjacent to an activating group) is 1. The first-order chi connectivity index (χ1) is 9.57. The number of rotatable bonds is 6. The molecule has 1 aromatic carbocycles. The zero-order valence-electron chi connectivity index (χ0n) is 12.2. The summed E-state index contributed by atoms with van der Waals surface area (Å²) in [5, 5.41) is 20.4. The second-order valence-electron chi connectivity index (χ2n) is 5.03. The molecular formula is C12H18N2O6S. The van der Waals surface area contributed by atoms with Gasteiger partial charge in [-0.25, -0.2) is 8.42 Å². The number of aliphatic hydroxyl groups is 1. The lowest BCUT2D eigenvalue weighted by atomic mass is 10.1. The van der Waals surface area contributed by atoms with Gasteiger partial charge in [0.1, 0.15) is 5.75 Å². The molecule has 0 radical (unpaired) electrons. The minimum atomic E-state index is -4.13. The Morgan fingerprint density at radius 1 is 1.43 bits per heavy atom. The van der Waals surface area contributed by atoms with Gasteiger partial charge in [0.15, 0.2) is 4.90 Å². The van der Waals surface area contributed by atoms with Crippen LogP contribution in [0.25, 0.3) is 0 Å². The molecule has 8 nitrogen and oxygen atoms in total. The van der Waals surface area contributed by atoms with E-state index >= 15 is 0 Å². The molecule has 0 unspecified atom stereocenters. The molecule has 9 heteroatoms. The van der Waals surface area contributed by atoms with Crippen LogP contribution in [0.4, 0.5) is 5.69 Å². The van der Waals surface area contributed by atoms with E-state index in [2.05, 4.69) is 0 Å². The zero-order chi connectivity index (χ0) is 16.4. The lowest BCUT2D eigenvalue weighted by Crippen LogP contribution is -2.47. The predicted octanol–water partition coefficient (Wildman–Crippen LogP) is 0.995. The summed E-state index contributed by atoms with van der Waals surface area (Å²) < 4.78 is 30.8. The summed E-state index contributed by atoms with van der Waals surface area (Å²) in [7, 11) is -1.54. The average Bonchev–Trinajstić information content (AvgIpc) is 2.45. The van der Waals surface area contributed by atoms with Gasteiger partial charge in [0.2, 0.25) is 10.0 Å². The van der Waals surface area contributed by atoms with Crippen LogP contribution in [0.3, 0.4) is 0 Å². The second-order valence-corrected chi connectivity index (χ2v) is 6.97. The van der Waals surface area contributed by atoms with Crippen LogP contribution in [0.5, 0.6) is 5.75 Å². The van der Waals surface area contributed by atoms with Crippen molar-refractivity contribution in [1.29, 1.82) is 0 Å². The highest BCUT2D eigenvalue weighted by atomic mass is 32.2. The topological polar surface area (TPSA) is 110 Å². The Balaban J connectivity index is 3.48. The molecule has 1 rings (SSSR count). The van der Waals surface area contributed by atoms with Crippen molar-refractivity contribution in [2.75, 3.05) is 20.8 Å². The fraction of sp³-hybridized carbons (Fsp3) is 0.500. The van der Waals surface area contributed by atoms with Gasteiger partial charge < -0.3 is 9.84 Å². The van der Waals surface area contributed by atoms with Gasteiger partial charge in [-0.15, -0.1) is 0 Å². The summed E-state index contributed by atoms with van der Waals surface area (Å²) >= 11 is 0. The SMILES string of the molecule is COc1ccc(S(=O)(=O)N(C)C(C)(C)CO)c([N+](=O)[O-])c1. The maximum absolute atomic E-state index is 12.5. The predicted molar refractivity (Wildman–Crippen MR) is 75.8 cm³/mol. The molecule has 0 saturated carbocycles. The first-order valence-electron chi connectivity index (χ1n) is 6.00. The van der Waals surface area contributed by atoms with Crippen LogP contribution in [0.2, 0.25) is 0 Å². The Labute approximate surface area is 123 Å². The summed E-state index contributed by atoms with van der Waals surface area (Å²) in [5.41, 5.74) is -1.66. The van der Waals surface area contributed by atoms with E-state index in [4.69, 9.17) is 4.74 Å². The molecule has 0 aliphatic heterocycles. The zero-order valence-corrected chi connectivity index (χ0v) is 13.0. The molecule has 0 amide bonds. The van der Waals surface area contributed by atoms with Crippen LogP contribution < -0.4 is 4.74 Å². The van der Waals surface area contributed by atoms with Gasteiger partial charge in [0.25, 0.3) is 5.69 Å². The van der Waals surface area contributed by atoms with E-state index in [9.17, 15) is 23.6 Å². The first-order valence-corrected chi connectivity index (χ1v) is 7.44. The molecule has 1 aromatic rings. The number of hydrogen-bond donors (Lipinski definition) is 1. The van der Waals surface area contributed by atoms with Gasteiger partial charge in [0.05, 0.1) is 30.2 Å². The molecule has 0 heterocycles. The van der Waals surface area contributed by atoms with E-state index in [0.717, 1.165) is 16.4 Å². The third-order valence-electron chi connectivity index (χ3n) is 3.24. The number of nitro benzene ring substituents is 1. The summed E-state index contributed by atoms with van der Waals surface area (Å²) in [6, 6.07) is 3.50. The smallest absolute Gasteiger partial charge is 0.293 e. The minimum absolute atomic E-state index is 0.185. The molecule has 0 aliphatic rings. The molecule has 0 fully saturated rings. The summed E-state index contributed by atoms with van der Waals surface area (Å²) in [4.78, 5) is 9.87. The van der Waals surface area contributed by atoms with Crippen molar-refractivity contribution < 1.29 is 23.2 Å². The van der Waals surface area contributed by atoms with E-state index in [1.165, 1.54) is 34.1 Å². The maximum atomic E-state index is 12.5. The number of benzene rings is 1. The molecule has 0 aliphatic carbocycles. The van der Waals surface area contributed by atoms with Gasteiger partial charge in [-0.3, -0.25) is 10.1 Å². The van der Waals surface area contributed by atoms with E-state index in [0.29, 0.717) is 0 Å². The van der Waals surface area contributed by atoms with Crippen LogP contribution in [0, 0.1) is 10.1 Å². The number of hydrogen-bond acceptors (Lipinski definition) is 6. The largest absolute Gasteiger partial charge is 0.497 e. The number of methoxy groups -OCH3 is 1. The molecule has 0 aromatic heterocycles. The third kappa shape index (κ3) is 3.31. The molecule has 21 heavy (non-hydrogen) atoms. The average molecular weight is 318 g/mol. The molecule has 1 N–H and O–H groups in total. The van der Waals surface area contributed by atoms with E-state index in [1.54, 1.807) is 0 Å². The van der Waals surface area contributed by atoms with Crippen LogP contribution >= 0.6 is 0 Å². The standard InChI is InChI=1S/C12H18N2O6S/c1-12(2,8-15)13(3)21(18,19)11-6-5-9(20-4)7-10(11)14(16)17/h5-7,15H,8H2,1-4H3. The summed E-state index contributed by atoms with van der Waals surface area (Å²) in [6.07, 6.45) is 0. The Kier molecular flexibility index (Phi) is 4.92. The van der Waals surface area contributed by atoms with Crippen molar-refractivity contribution >= 4 is 15.7 Å². The number of nitro groups is 1. The Morgan fingerprint density at radius 2 is 2.00 bits per heavy atom. The molecule has 0 bridgehead atoms. The van der Waals surface area contributed by atoms with Crippen molar-refractivity contribution in [2.24, 2.45) is 0 Å². The molecular weight excluding hydrogens is 300 g/mol. The Hall–Kier alpha value is -1.71. The lowest BCUT2D eigenvalue weighted by molar-refractivity contribution is -0.387. The number of aliphatic hydroxyl groups excluding tert-OH is 1. The van der Waals surface area contributed by atoms with Gasteiger partial charge in [0, 0.05) is 7.05 Å². The monoisotopic (exact) mass is 318 g/mol. The fourth-order valence-corrected chi connectivity index (χ4v) is 3.20. The van der Waals surface area contributed by atoms with Crippen molar-refractivity contribution in [3.05, 3.63) is 28.3 Å². The number of nitrogens with zero attached hydrogens (tertiary/aromatic N) is 2. The highest BCUT2D eigenvalue weighted by molar-refractivity contribution is 7.89. The molecule has 0 atom stereocenters. The Bertz CT molecular complexity index is 641. The highest BCUT2D eigenvalue weighted by Gasteiger charge is 2.37. The van der Waals surface area contributed by atoms with Gasteiger partial charge in [-0.2, -0.15) is 4.31 Å². The van der Waals surface area contributed by atoms with Crippen molar-refractivity contribution in [2.45, 2.75) is 24.3 Å². The van der Waals surface area contributed by atoms with Crippen molar-refractivity contribution in [3.63, 3.8) is 0 Å². The van der Waals surface area contributed by atoms with Crippen molar-refractivity contribution in [1.82, 2.24) is 4.31 Å². The van der Waals surface area contributed by atoms with Gasteiger partial charge >= 0.3 is 0 Å². The second kappa shape index (κ2) is 5.96. The molecule has 118 valence electrons. The highest BCUT2D eigenvalue weighted by Crippen LogP contribution is 2.32. The molecule has 0 spiro atoms. The van der Waals surface area contributed by atoms with Gasteiger partial charge in [-0.05, 0) is 26.0 Å². The molecule has 0 saturated heterocycles. The van der Waals surface area contributed by atoms with E-state index < -0.39 is 37.7 Å². The third-order valence-corrected chi connectivity index (χ3v) is 5.36. The van der Waals surface area contributed by atoms with Crippen LogP contribution in [-0.2, 0) is 10.0 Å². The van der Waals surface area contributed by atoms with Crippen LogP contribution in [0.1, 0.15) is 13.8 Å². The Morgan fingerprint density at radius 3 is 2.43 bits per heavy atom. The van der Waals surface area contributed by atoms with Crippen molar-refractivity contribution in [3.8, 4) is 5.75 Å². The normalized spacial score (nSPS) is 12.5. The maximum Gasteiger partial charge on any atom is 0.293 e. The summed E-state index contributed by atoms with van der Waals surface area (Å²) in [5.74, 6) is 0.185. The quantitative estimate of drug-likeness (QED) is 0.619. The van der Waals surface area contributed by atoms with Gasteiger partial charge in [-0.1, -0.05) is 0 Å². The van der Waals surface area contributed by atoms with Crippen LogP contribution in [-0.4, -0.2) is 49.1 Å². The lowest BCUT2D eigenvalue weighted by Gasteiger charge is -2.32. The first kappa shape index (κ1) is 17.3.